The zero-order valence-electron chi connectivity index (χ0n) is 16.3. The van der Waals surface area contributed by atoms with Gasteiger partial charge in [-0.15, -0.1) is 5.10 Å². The molecule has 0 bridgehead atoms. The van der Waals surface area contributed by atoms with E-state index in [1.807, 2.05) is 41.3 Å². The summed E-state index contributed by atoms with van der Waals surface area (Å²) in [5.74, 6) is 1.89. The van der Waals surface area contributed by atoms with Gasteiger partial charge in [-0.25, -0.2) is 4.39 Å². The molecule has 0 atom stereocenters. The first kappa shape index (κ1) is 18.9. The average Bonchev–Trinajstić information content (AvgIpc) is 2.79. The Hall–Kier alpha value is -3.42. The molecule has 0 aliphatic carbocycles. The lowest BCUT2D eigenvalue weighted by atomic mass is 10.2. The number of halogens is 1. The molecule has 2 aromatic carbocycles. The van der Waals surface area contributed by atoms with E-state index in [9.17, 15) is 4.39 Å². The summed E-state index contributed by atoms with van der Waals surface area (Å²) >= 11 is 0. The van der Waals surface area contributed by atoms with Gasteiger partial charge in [0.2, 0.25) is 5.95 Å². The molecule has 1 N–H and O–H groups in total. The van der Waals surface area contributed by atoms with E-state index in [1.54, 1.807) is 19.4 Å². The number of rotatable bonds is 6. The van der Waals surface area contributed by atoms with Crippen LogP contribution in [0.5, 0.6) is 5.75 Å². The molecule has 0 unspecified atom stereocenters. The number of para-hydroxylation sites is 1. The minimum absolute atomic E-state index is 0.191. The van der Waals surface area contributed by atoms with Crippen molar-refractivity contribution >= 4 is 17.5 Å². The molecule has 1 aliphatic heterocycles. The highest BCUT2D eigenvalue weighted by atomic mass is 19.1. The Kier molecular flexibility index (Phi) is 5.69. The van der Waals surface area contributed by atoms with E-state index in [1.165, 1.54) is 6.07 Å². The molecule has 2 heterocycles. The summed E-state index contributed by atoms with van der Waals surface area (Å²) in [7, 11) is 1.65. The number of nitrogens with one attached hydrogen (secondary N) is 1. The van der Waals surface area contributed by atoms with Gasteiger partial charge in [0.15, 0.2) is 5.82 Å². The molecule has 3 aromatic rings. The molecule has 1 fully saturated rings. The summed E-state index contributed by atoms with van der Waals surface area (Å²) in [4.78, 5) is 8.70. The third-order valence-corrected chi connectivity index (χ3v) is 4.94. The van der Waals surface area contributed by atoms with Gasteiger partial charge in [0.25, 0.3) is 0 Å². The largest absolute Gasteiger partial charge is 0.497 e. The van der Waals surface area contributed by atoms with E-state index in [0.717, 1.165) is 11.3 Å². The first-order chi connectivity index (χ1) is 14.2. The monoisotopic (exact) mass is 394 g/mol. The Morgan fingerprint density at radius 2 is 1.72 bits per heavy atom. The summed E-state index contributed by atoms with van der Waals surface area (Å²) in [5, 5.41) is 11.5. The fraction of sp³-hybridized carbons (Fsp3) is 0.286. The molecule has 4 rings (SSSR count). The van der Waals surface area contributed by atoms with Gasteiger partial charge in [0, 0.05) is 32.7 Å². The lowest BCUT2D eigenvalue weighted by Gasteiger charge is -2.36. The van der Waals surface area contributed by atoms with Gasteiger partial charge in [0.05, 0.1) is 19.0 Å². The summed E-state index contributed by atoms with van der Waals surface area (Å²) in [6.07, 6.45) is 1.61. The minimum Gasteiger partial charge on any atom is -0.497 e. The Labute approximate surface area is 169 Å². The van der Waals surface area contributed by atoms with E-state index in [4.69, 9.17) is 4.74 Å². The third kappa shape index (κ3) is 4.53. The molecular formula is C21H23FN6O. The van der Waals surface area contributed by atoms with Crippen molar-refractivity contribution in [3.05, 3.63) is 66.1 Å². The molecule has 150 valence electrons. The van der Waals surface area contributed by atoms with Crippen molar-refractivity contribution in [2.75, 3.05) is 48.4 Å². The van der Waals surface area contributed by atoms with Crippen molar-refractivity contribution in [1.29, 1.82) is 0 Å². The second-order valence-electron chi connectivity index (χ2n) is 6.77. The molecule has 1 saturated heterocycles. The van der Waals surface area contributed by atoms with Gasteiger partial charge >= 0.3 is 0 Å². The number of benzene rings is 2. The Balaban J connectivity index is 1.36. The summed E-state index contributed by atoms with van der Waals surface area (Å²) in [5.41, 5.74) is 1.76. The lowest BCUT2D eigenvalue weighted by molar-refractivity contribution is 0.414. The molecule has 8 heteroatoms. The van der Waals surface area contributed by atoms with Crippen LogP contribution in [0.2, 0.25) is 0 Å². The highest BCUT2D eigenvalue weighted by Crippen LogP contribution is 2.21. The second-order valence-corrected chi connectivity index (χ2v) is 6.77. The molecule has 1 aliphatic rings. The van der Waals surface area contributed by atoms with Crippen molar-refractivity contribution in [2.45, 2.75) is 6.54 Å². The van der Waals surface area contributed by atoms with Crippen LogP contribution in [0.4, 0.5) is 21.8 Å². The fourth-order valence-corrected chi connectivity index (χ4v) is 3.30. The summed E-state index contributed by atoms with van der Waals surface area (Å²) in [6.45, 7) is 3.45. The van der Waals surface area contributed by atoms with Crippen molar-refractivity contribution in [2.24, 2.45) is 0 Å². The van der Waals surface area contributed by atoms with Gasteiger partial charge in [-0.2, -0.15) is 10.1 Å². The van der Waals surface area contributed by atoms with Crippen LogP contribution in [0.25, 0.3) is 0 Å². The quantitative estimate of drug-likeness (QED) is 0.689. The zero-order chi connectivity index (χ0) is 20.1. The van der Waals surface area contributed by atoms with Gasteiger partial charge < -0.3 is 19.9 Å². The summed E-state index contributed by atoms with van der Waals surface area (Å²) < 4.78 is 19.2. The molecule has 0 spiro atoms. The van der Waals surface area contributed by atoms with E-state index < -0.39 is 0 Å². The first-order valence-electron chi connectivity index (χ1n) is 9.54. The SMILES string of the molecule is COc1ccc(CNc2cnnc(N3CCN(c4ccccc4F)CC3)n2)cc1. The first-order valence-corrected chi connectivity index (χ1v) is 9.54. The number of anilines is 3. The van der Waals surface area contributed by atoms with E-state index in [2.05, 4.69) is 25.4 Å². The second kappa shape index (κ2) is 8.72. The van der Waals surface area contributed by atoms with Gasteiger partial charge in [-0.3, -0.25) is 0 Å². The predicted octanol–water partition coefficient (Wildman–Crippen LogP) is 2.96. The molecule has 1 aromatic heterocycles. The highest BCUT2D eigenvalue weighted by Gasteiger charge is 2.21. The van der Waals surface area contributed by atoms with E-state index in [-0.39, 0.29) is 5.82 Å². The van der Waals surface area contributed by atoms with Crippen molar-refractivity contribution < 1.29 is 9.13 Å². The maximum absolute atomic E-state index is 14.0. The standard InChI is InChI=1S/C21H23FN6O/c1-29-17-8-6-16(7-9-17)14-23-20-15-24-26-21(25-20)28-12-10-27(11-13-28)19-5-3-2-4-18(19)22/h2-9,15H,10-14H2,1H3,(H,23,25,26). The molecule has 0 radical (unpaired) electrons. The Morgan fingerprint density at radius 3 is 2.45 bits per heavy atom. The smallest absolute Gasteiger partial charge is 0.247 e. The number of ether oxygens (including phenoxy) is 1. The number of hydrogen-bond acceptors (Lipinski definition) is 7. The van der Waals surface area contributed by atoms with E-state index >= 15 is 0 Å². The number of aromatic nitrogens is 3. The third-order valence-electron chi connectivity index (χ3n) is 4.94. The normalized spacial score (nSPS) is 14.0. The lowest BCUT2D eigenvalue weighted by Crippen LogP contribution is -2.47. The zero-order valence-corrected chi connectivity index (χ0v) is 16.3. The van der Waals surface area contributed by atoms with Crippen molar-refractivity contribution in [3.63, 3.8) is 0 Å². The van der Waals surface area contributed by atoms with Gasteiger partial charge in [-0.1, -0.05) is 24.3 Å². The van der Waals surface area contributed by atoms with Crippen molar-refractivity contribution in [3.8, 4) is 5.75 Å². The maximum Gasteiger partial charge on any atom is 0.247 e. The number of piperazine rings is 1. The number of hydrogen-bond donors (Lipinski definition) is 1. The predicted molar refractivity (Wildman–Crippen MR) is 111 cm³/mol. The molecule has 0 amide bonds. The minimum atomic E-state index is -0.191. The Bertz CT molecular complexity index is 944. The molecular weight excluding hydrogens is 371 g/mol. The maximum atomic E-state index is 14.0. The van der Waals surface area contributed by atoms with Crippen molar-refractivity contribution in [1.82, 2.24) is 15.2 Å². The fourth-order valence-electron chi connectivity index (χ4n) is 3.30. The van der Waals surface area contributed by atoms with Gasteiger partial charge in [0.1, 0.15) is 11.6 Å². The number of methoxy groups -OCH3 is 1. The van der Waals surface area contributed by atoms with Crippen LogP contribution in [-0.4, -0.2) is 48.5 Å². The van der Waals surface area contributed by atoms with Crippen LogP contribution in [-0.2, 0) is 6.54 Å². The van der Waals surface area contributed by atoms with Crippen LogP contribution in [0.3, 0.4) is 0 Å². The van der Waals surface area contributed by atoms with E-state index in [0.29, 0.717) is 50.2 Å². The van der Waals surface area contributed by atoms with Crippen LogP contribution in [0.15, 0.2) is 54.7 Å². The van der Waals surface area contributed by atoms with Crippen LogP contribution < -0.4 is 19.9 Å². The molecule has 0 saturated carbocycles. The highest BCUT2D eigenvalue weighted by molar-refractivity contribution is 5.50. The topological polar surface area (TPSA) is 66.4 Å². The van der Waals surface area contributed by atoms with Gasteiger partial charge in [-0.05, 0) is 29.8 Å². The van der Waals surface area contributed by atoms with Crippen LogP contribution in [0, 0.1) is 5.82 Å². The Morgan fingerprint density at radius 1 is 1.00 bits per heavy atom. The van der Waals surface area contributed by atoms with Crippen LogP contribution in [0.1, 0.15) is 5.56 Å². The average molecular weight is 394 g/mol. The number of nitrogens with zero attached hydrogens (tertiary/aromatic N) is 5. The molecule has 7 nitrogen and oxygen atoms in total. The summed E-state index contributed by atoms with van der Waals surface area (Å²) in [6, 6.07) is 14.7. The molecule has 29 heavy (non-hydrogen) atoms. The van der Waals surface area contributed by atoms with Crippen LogP contribution >= 0.6 is 0 Å².